The molecule has 0 bridgehead atoms. The predicted octanol–water partition coefficient (Wildman–Crippen LogP) is 3.27. The van der Waals surface area contributed by atoms with Gasteiger partial charge in [-0.3, -0.25) is 0 Å². The highest BCUT2D eigenvalue weighted by Crippen LogP contribution is 2.34. The fraction of sp³-hybridized carbons (Fsp3) is 0.600. The van der Waals surface area contributed by atoms with Gasteiger partial charge < -0.3 is 0 Å². The maximum atomic E-state index is 12.7. The molecule has 0 aliphatic carbocycles. The summed E-state index contributed by atoms with van der Waals surface area (Å²) in [6, 6.07) is 0. The minimum atomic E-state index is -2.19. The van der Waals surface area contributed by atoms with Gasteiger partial charge in [-0.1, -0.05) is 41.4 Å². The number of hydrogen-bond donors (Lipinski definition) is 0. The molecule has 0 aliphatic rings. The Labute approximate surface area is 68.6 Å². The summed E-state index contributed by atoms with van der Waals surface area (Å²) in [6.07, 6.45) is 0. The number of halogens is 4. The van der Waals surface area contributed by atoms with Crippen LogP contribution in [0.1, 0.15) is 6.92 Å². The molecule has 0 aromatic rings. The zero-order chi connectivity index (χ0) is 7.65. The van der Waals surface area contributed by atoms with Gasteiger partial charge in [0.1, 0.15) is 0 Å². The highest BCUT2D eigenvalue weighted by Gasteiger charge is 2.35. The Morgan fingerprint density at radius 1 is 1.67 bits per heavy atom. The average Bonchev–Trinajstić information content (AvgIpc) is 1.65. The molecule has 0 spiro atoms. The molecule has 0 nitrogen and oxygen atoms in total. The summed E-state index contributed by atoms with van der Waals surface area (Å²) >= 11 is 15.5. The molecule has 9 heavy (non-hydrogen) atoms. The molecule has 0 heterocycles. The monoisotopic (exact) mass is 190 g/mol. The largest absolute Gasteiger partial charge is 0.234 e. The van der Waals surface area contributed by atoms with E-state index in [1.54, 1.807) is 0 Å². The van der Waals surface area contributed by atoms with E-state index in [0.717, 1.165) is 0 Å². The molecule has 0 N–H and O–H groups in total. The Morgan fingerprint density at radius 3 is 2.00 bits per heavy atom. The van der Waals surface area contributed by atoms with Gasteiger partial charge in [-0.15, -0.1) is 0 Å². The first-order valence-corrected chi connectivity index (χ1v) is 3.46. The molecule has 0 fully saturated rings. The lowest BCUT2D eigenvalue weighted by atomic mass is 10.2. The molecular formula is C5H6Cl3F. The third-order valence-corrected chi connectivity index (χ3v) is 2.21. The second-order valence-corrected chi connectivity index (χ2v) is 3.35. The summed E-state index contributed by atoms with van der Waals surface area (Å²) in [4.78, 5) is -1.27. The quantitative estimate of drug-likeness (QED) is 0.464. The van der Waals surface area contributed by atoms with Crippen molar-refractivity contribution in [2.75, 3.05) is 0 Å². The van der Waals surface area contributed by atoms with Crippen molar-refractivity contribution in [3.63, 3.8) is 0 Å². The Kier molecular flexibility index (Phi) is 3.27. The normalized spacial score (nSPS) is 17.6. The van der Waals surface area contributed by atoms with E-state index in [1.807, 2.05) is 0 Å². The van der Waals surface area contributed by atoms with E-state index in [4.69, 9.17) is 34.8 Å². The van der Waals surface area contributed by atoms with Gasteiger partial charge in [-0.25, -0.2) is 4.39 Å². The maximum Gasteiger partial charge on any atom is 0.234 e. The molecule has 54 valence electrons. The van der Waals surface area contributed by atoms with Gasteiger partial charge in [-0.2, -0.15) is 0 Å². The first-order chi connectivity index (χ1) is 3.89. The van der Waals surface area contributed by atoms with E-state index in [2.05, 4.69) is 6.58 Å². The van der Waals surface area contributed by atoms with Crippen LogP contribution in [0, 0.1) is 0 Å². The maximum absolute atomic E-state index is 12.7. The fourth-order valence-corrected chi connectivity index (χ4v) is 0.559. The van der Waals surface area contributed by atoms with E-state index < -0.39 is 9.96 Å². The van der Waals surface area contributed by atoms with E-state index in [9.17, 15) is 4.39 Å². The molecule has 0 rings (SSSR count). The van der Waals surface area contributed by atoms with Crippen LogP contribution < -0.4 is 0 Å². The Hall–Kier alpha value is 0.540. The van der Waals surface area contributed by atoms with Crippen molar-refractivity contribution in [3.8, 4) is 0 Å². The second-order valence-electron chi connectivity index (χ2n) is 1.70. The summed E-state index contributed by atoms with van der Waals surface area (Å²) in [5.74, 6) is 0. The number of rotatable bonds is 2. The highest BCUT2D eigenvalue weighted by molar-refractivity contribution is 6.49. The predicted molar refractivity (Wildman–Crippen MR) is 40.0 cm³/mol. The first-order valence-electron chi connectivity index (χ1n) is 2.21. The molecular weight excluding hydrogens is 185 g/mol. The molecule has 1 atom stereocenters. The molecule has 0 amide bonds. The Morgan fingerprint density at radius 2 is 2.00 bits per heavy atom. The summed E-state index contributed by atoms with van der Waals surface area (Å²) in [7, 11) is 0. The Balaban J connectivity index is 4.19. The fourth-order valence-electron chi connectivity index (χ4n) is 0.186. The van der Waals surface area contributed by atoms with Crippen molar-refractivity contribution in [2.45, 2.75) is 16.9 Å². The van der Waals surface area contributed by atoms with Crippen LogP contribution in [0.25, 0.3) is 0 Å². The van der Waals surface area contributed by atoms with Gasteiger partial charge in [-0.05, 0) is 12.5 Å². The third-order valence-electron chi connectivity index (χ3n) is 0.843. The SMILES string of the molecule is C=C(C)C(F)(Cl)C(Cl)Cl. The zero-order valence-corrected chi connectivity index (χ0v) is 7.06. The summed E-state index contributed by atoms with van der Waals surface area (Å²) in [6.45, 7) is 4.69. The van der Waals surface area contributed by atoms with Gasteiger partial charge >= 0.3 is 0 Å². The van der Waals surface area contributed by atoms with Crippen LogP contribution in [0.3, 0.4) is 0 Å². The van der Waals surface area contributed by atoms with Crippen molar-refractivity contribution < 1.29 is 4.39 Å². The second kappa shape index (κ2) is 3.09. The van der Waals surface area contributed by atoms with Crippen LogP contribution in [0.5, 0.6) is 0 Å². The van der Waals surface area contributed by atoms with Gasteiger partial charge in [0.2, 0.25) is 5.13 Å². The minimum absolute atomic E-state index is 0.110. The molecule has 0 aromatic heterocycles. The standard InChI is InChI=1S/C5H6Cl3F/c1-3(2)5(8,9)4(6)7/h4H,1H2,2H3. The van der Waals surface area contributed by atoms with Crippen molar-refractivity contribution >= 4 is 34.8 Å². The van der Waals surface area contributed by atoms with Crippen LogP contribution in [0.2, 0.25) is 0 Å². The van der Waals surface area contributed by atoms with Gasteiger partial charge in [0, 0.05) is 0 Å². The lowest BCUT2D eigenvalue weighted by Crippen LogP contribution is -2.23. The van der Waals surface area contributed by atoms with Crippen LogP contribution >= 0.6 is 34.8 Å². The summed E-state index contributed by atoms with van der Waals surface area (Å²) < 4.78 is 12.7. The van der Waals surface area contributed by atoms with Gasteiger partial charge in [0.15, 0.2) is 4.84 Å². The molecule has 0 saturated heterocycles. The molecule has 0 aromatic carbocycles. The average molecular weight is 191 g/mol. The molecule has 1 unspecified atom stereocenters. The van der Waals surface area contributed by atoms with Crippen molar-refractivity contribution in [1.29, 1.82) is 0 Å². The smallest absolute Gasteiger partial charge is 0.218 e. The number of hydrogen-bond acceptors (Lipinski definition) is 0. The van der Waals surface area contributed by atoms with Crippen LogP contribution in [-0.2, 0) is 0 Å². The third kappa shape index (κ3) is 2.32. The van der Waals surface area contributed by atoms with Gasteiger partial charge in [0.05, 0.1) is 0 Å². The van der Waals surface area contributed by atoms with Gasteiger partial charge in [0.25, 0.3) is 0 Å². The van der Waals surface area contributed by atoms with E-state index >= 15 is 0 Å². The number of alkyl halides is 4. The lowest BCUT2D eigenvalue weighted by molar-refractivity contribution is 0.348. The molecule has 4 heteroatoms. The first kappa shape index (κ1) is 9.54. The highest BCUT2D eigenvalue weighted by atomic mass is 35.5. The lowest BCUT2D eigenvalue weighted by Gasteiger charge is -2.17. The summed E-state index contributed by atoms with van der Waals surface area (Å²) in [5, 5.41) is -2.19. The molecule has 0 saturated carbocycles. The van der Waals surface area contributed by atoms with Crippen molar-refractivity contribution in [3.05, 3.63) is 12.2 Å². The summed E-state index contributed by atoms with van der Waals surface area (Å²) in [5.41, 5.74) is 0.110. The molecule has 0 aliphatic heterocycles. The topological polar surface area (TPSA) is 0 Å². The number of allylic oxidation sites excluding steroid dienone is 1. The van der Waals surface area contributed by atoms with Crippen LogP contribution in [-0.4, -0.2) is 9.96 Å². The zero-order valence-electron chi connectivity index (χ0n) is 4.80. The van der Waals surface area contributed by atoms with E-state index in [0.29, 0.717) is 0 Å². The van der Waals surface area contributed by atoms with Crippen molar-refractivity contribution in [2.24, 2.45) is 0 Å². The van der Waals surface area contributed by atoms with E-state index in [-0.39, 0.29) is 5.57 Å². The van der Waals surface area contributed by atoms with Crippen LogP contribution in [0.4, 0.5) is 4.39 Å². The Bertz CT molecular complexity index is 119. The van der Waals surface area contributed by atoms with Crippen LogP contribution in [0.15, 0.2) is 12.2 Å². The van der Waals surface area contributed by atoms with Crippen molar-refractivity contribution in [1.82, 2.24) is 0 Å². The van der Waals surface area contributed by atoms with E-state index in [1.165, 1.54) is 6.92 Å². The molecule has 0 radical (unpaired) electrons. The minimum Gasteiger partial charge on any atom is -0.218 e.